The Balaban J connectivity index is 1.21. The van der Waals surface area contributed by atoms with Gasteiger partial charge in [0.2, 0.25) is 5.91 Å². The summed E-state index contributed by atoms with van der Waals surface area (Å²) in [4.78, 5) is 40.1. The Morgan fingerprint density at radius 2 is 1.50 bits per heavy atom. The van der Waals surface area contributed by atoms with Crippen LogP contribution in [0.3, 0.4) is 0 Å². The zero-order valence-corrected chi connectivity index (χ0v) is 27.0. The van der Waals surface area contributed by atoms with Crippen LogP contribution < -0.4 is 10.6 Å². The molecule has 8 nitrogen and oxygen atoms in total. The number of pyridine rings is 2. The standard InChI is InChI=1S/C38H46N6O2/c1-29(2)36(42-37(45)32-13-4-3-5-14-32)38(46)43-23-18-35(19-24-43)44(22-17-33-15-6-8-20-40-33)28-31-12-10-11-30(25-31)26-39-27-34-16-7-9-21-41-34/h3-16,20-21,25,29,35-36,39H,17-19,22-24,26-28H2,1-2H3,(H,42,45)/t36-/m0/s1. The molecule has 0 unspecified atom stereocenters. The van der Waals surface area contributed by atoms with Crippen molar-refractivity contribution in [1.29, 1.82) is 0 Å². The minimum atomic E-state index is -0.557. The molecule has 0 bridgehead atoms. The van der Waals surface area contributed by atoms with Gasteiger partial charge >= 0.3 is 0 Å². The van der Waals surface area contributed by atoms with E-state index in [1.165, 1.54) is 11.1 Å². The minimum Gasteiger partial charge on any atom is -0.341 e. The number of likely N-dealkylation sites (tertiary alicyclic amines) is 1. The van der Waals surface area contributed by atoms with Crippen molar-refractivity contribution in [1.82, 2.24) is 30.4 Å². The highest BCUT2D eigenvalue weighted by Crippen LogP contribution is 2.22. The molecule has 240 valence electrons. The van der Waals surface area contributed by atoms with Gasteiger partial charge < -0.3 is 15.5 Å². The number of nitrogens with zero attached hydrogens (tertiary/aromatic N) is 4. The molecule has 5 rings (SSSR count). The molecule has 2 aromatic carbocycles. The largest absolute Gasteiger partial charge is 0.341 e. The van der Waals surface area contributed by atoms with Gasteiger partial charge in [0.05, 0.1) is 5.69 Å². The third-order valence-corrected chi connectivity index (χ3v) is 8.67. The lowest BCUT2D eigenvalue weighted by molar-refractivity contribution is -0.136. The molecule has 2 N–H and O–H groups in total. The maximum absolute atomic E-state index is 13.7. The van der Waals surface area contributed by atoms with Crippen LogP contribution in [0, 0.1) is 5.92 Å². The van der Waals surface area contributed by atoms with Crippen LogP contribution in [0.1, 0.15) is 59.6 Å². The highest BCUT2D eigenvalue weighted by atomic mass is 16.2. The van der Waals surface area contributed by atoms with Crippen LogP contribution in [0.15, 0.2) is 103 Å². The van der Waals surface area contributed by atoms with E-state index in [1.807, 2.05) is 79.7 Å². The van der Waals surface area contributed by atoms with Crippen LogP contribution in [0.5, 0.6) is 0 Å². The second-order valence-corrected chi connectivity index (χ2v) is 12.4. The van der Waals surface area contributed by atoms with Crippen molar-refractivity contribution in [2.45, 2.75) is 64.8 Å². The maximum atomic E-state index is 13.7. The molecule has 2 amide bonds. The second kappa shape index (κ2) is 16.8. The molecule has 1 saturated heterocycles. The summed E-state index contributed by atoms with van der Waals surface area (Å²) in [6.45, 7) is 8.55. The van der Waals surface area contributed by atoms with Gasteiger partial charge in [0.1, 0.15) is 6.04 Å². The van der Waals surface area contributed by atoms with Gasteiger partial charge in [0.15, 0.2) is 0 Å². The molecule has 2 aromatic heterocycles. The number of rotatable bonds is 14. The van der Waals surface area contributed by atoms with E-state index in [0.29, 0.717) is 24.7 Å². The quantitative estimate of drug-likeness (QED) is 0.201. The molecule has 1 atom stereocenters. The van der Waals surface area contributed by atoms with E-state index in [4.69, 9.17) is 0 Å². The van der Waals surface area contributed by atoms with E-state index in [-0.39, 0.29) is 17.7 Å². The van der Waals surface area contributed by atoms with Gasteiger partial charge in [-0.1, -0.05) is 68.4 Å². The zero-order chi connectivity index (χ0) is 32.1. The van der Waals surface area contributed by atoms with E-state index in [1.54, 1.807) is 12.1 Å². The van der Waals surface area contributed by atoms with Gasteiger partial charge in [-0.15, -0.1) is 0 Å². The molecule has 1 fully saturated rings. The molecule has 0 aliphatic carbocycles. The fraction of sp³-hybridized carbons (Fsp3) is 0.368. The number of aromatic nitrogens is 2. The van der Waals surface area contributed by atoms with E-state index in [9.17, 15) is 9.59 Å². The van der Waals surface area contributed by atoms with Crippen LogP contribution in [0.4, 0.5) is 0 Å². The van der Waals surface area contributed by atoms with Crippen molar-refractivity contribution in [3.8, 4) is 0 Å². The van der Waals surface area contributed by atoms with Gasteiger partial charge in [-0.2, -0.15) is 0 Å². The van der Waals surface area contributed by atoms with Crippen LogP contribution in [-0.4, -0.2) is 63.3 Å². The Bertz CT molecular complexity index is 1510. The molecule has 0 spiro atoms. The summed E-state index contributed by atoms with van der Waals surface area (Å²) < 4.78 is 0. The van der Waals surface area contributed by atoms with Gasteiger partial charge in [0, 0.05) is 75.4 Å². The molecular formula is C38H46N6O2. The molecule has 8 heteroatoms. The Morgan fingerprint density at radius 1 is 0.826 bits per heavy atom. The van der Waals surface area contributed by atoms with E-state index >= 15 is 0 Å². The number of hydrogen-bond acceptors (Lipinski definition) is 6. The van der Waals surface area contributed by atoms with Crippen LogP contribution in [0.25, 0.3) is 0 Å². The highest BCUT2D eigenvalue weighted by molar-refractivity contribution is 5.97. The fourth-order valence-corrected chi connectivity index (χ4v) is 6.08. The lowest BCUT2D eigenvalue weighted by atomic mass is 9.97. The van der Waals surface area contributed by atoms with Crippen molar-refractivity contribution < 1.29 is 9.59 Å². The summed E-state index contributed by atoms with van der Waals surface area (Å²) in [7, 11) is 0. The summed E-state index contributed by atoms with van der Waals surface area (Å²) in [5.41, 5.74) is 5.20. The molecule has 0 saturated carbocycles. The number of carbonyl (C=O) groups is 2. The molecular weight excluding hydrogens is 572 g/mol. The number of hydrogen-bond donors (Lipinski definition) is 2. The molecule has 4 aromatic rings. The summed E-state index contributed by atoms with van der Waals surface area (Å²) in [5, 5.41) is 6.52. The lowest BCUT2D eigenvalue weighted by Crippen LogP contribution is -2.54. The van der Waals surface area contributed by atoms with Crippen molar-refractivity contribution in [2.75, 3.05) is 19.6 Å². The van der Waals surface area contributed by atoms with Gasteiger partial charge in [-0.25, -0.2) is 0 Å². The van der Waals surface area contributed by atoms with E-state index < -0.39 is 6.04 Å². The maximum Gasteiger partial charge on any atom is 0.251 e. The Morgan fingerprint density at radius 3 is 2.17 bits per heavy atom. The first-order valence-corrected chi connectivity index (χ1v) is 16.4. The minimum absolute atomic E-state index is 0.00340. The monoisotopic (exact) mass is 618 g/mol. The molecule has 46 heavy (non-hydrogen) atoms. The summed E-state index contributed by atoms with van der Waals surface area (Å²) in [6.07, 6.45) is 6.32. The Labute approximate surface area is 273 Å². The third-order valence-electron chi connectivity index (χ3n) is 8.67. The molecule has 1 aliphatic heterocycles. The summed E-state index contributed by atoms with van der Waals surface area (Å²) in [5.74, 6) is -0.223. The van der Waals surface area contributed by atoms with Gasteiger partial charge in [-0.05, 0) is 66.3 Å². The molecule has 3 heterocycles. The molecule has 0 radical (unpaired) electrons. The summed E-state index contributed by atoms with van der Waals surface area (Å²) in [6, 6.07) is 29.7. The van der Waals surface area contributed by atoms with E-state index in [0.717, 1.165) is 56.8 Å². The van der Waals surface area contributed by atoms with E-state index in [2.05, 4.69) is 55.8 Å². The van der Waals surface area contributed by atoms with Crippen molar-refractivity contribution >= 4 is 11.8 Å². The second-order valence-electron chi connectivity index (χ2n) is 12.4. The predicted molar refractivity (Wildman–Crippen MR) is 182 cm³/mol. The number of piperidine rings is 1. The number of nitrogens with one attached hydrogen (secondary N) is 2. The van der Waals surface area contributed by atoms with Crippen molar-refractivity contribution in [3.63, 3.8) is 0 Å². The van der Waals surface area contributed by atoms with Gasteiger partial charge in [0.25, 0.3) is 5.91 Å². The van der Waals surface area contributed by atoms with Crippen LogP contribution in [-0.2, 0) is 30.8 Å². The Kier molecular flexibility index (Phi) is 12.0. The van der Waals surface area contributed by atoms with Crippen molar-refractivity contribution in [2.24, 2.45) is 5.92 Å². The fourth-order valence-electron chi connectivity index (χ4n) is 6.08. The average Bonchev–Trinajstić information content (AvgIpc) is 3.10. The Hall–Kier alpha value is -4.40. The number of amides is 2. The smallest absolute Gasteiger partial charge is 0.251 e. The topological polar surface area (TPSA) is 90.5 Å². The zero-order valence-electron chi connectivity index (χ0n) is 27.0. The van der Waals surface area contributed by atoms with Crippen LogP contribution in [0.2, 0.25) is 0 Å². The first kappa shape index (κ1) is 33.0. The van der Waals surface area contributed by atoms with Crippen molar-refractivity contribution in [3.05, 3.63) is 131 Å². The third kappa shape index (κ3) is 9.55. The normalized spacial score (nSPS) is 14.4. The predicted octanol–water partition coefficient (Wildman–Crippen LogP) is 5.26. The first-order chi connectivity index (χ1) is 22.5. The SMILES string of the molecule is CC(C)[C@H](NC(=O)c1ccccc1)C(=O)N1CCC(N(CCc2ccccn2)Cc2cccc(CNCc3ccccn3)c2)CC1. The number of carbonyl (C=O) groups excluding carboxylic acids is 2. The average molecular weight is 619 g/mol. The molecule has 1 aliphatic rings. The van der Waals surface area contributed by atoms with Gasteiger partial charge in [-0.3, -0.25) is 24.5 Å². The first-order valence-electron chi connectivity index (χ1n) is 16.4. The highest BCUT2D eigenvalue weighted by Gasteiger charge is 2.33. The van der Waals surface area contributed by atoms with Crippen LogP contribution >= 0.6 is 0 Å². The number of benzene rings is 2. The summed E-state index contributed by atoms with van der Waals surface area (Å²) >= 11 is 0. The lowest BCUT2D eigenvalue weighted by Gasteiger charge is -2.40.